The maximum atomic E-state index is 3.69. The van der Waals surface area contributed by atoms with Crippen LogP contribution in [0.15, 0.2) is 24.3 Å². The van der Waals surface area contributed by atoms with Gasteiger partial charge in [0, 0.05) is 19.1 Å². The molecule has 19 heavy (non-hydrogen) atoms. The number of rotatable bonds is 5. The summed E-state index contributed by atoms with van der Waals surface area (Å²) < 4.78 is 0. The summed E-state index contributed by atoms with van der Waals surface area (Å²) in [5, 5.41) is 3.69. The summed E-state index contributed by atoms with van der Waals surface area (Å²) in [6, 6.07) is 9.81. The van der Waals surface area contributed by atoms with E-state index in [1.807, 2.05) is 0 Å². The van der Waals surface area contributed by atoms with Crippen LogP contribution >= 0.6 is 0 Å². The molecule has 0 aromatic heterocycles. The zero-order valence-corrected chi connectivity index (χ0v) is 12.1. The molecule has 0 bridgehead atoms. The Kier molecular flexibility index (Phi) is 4.19. The lowest BCUT2D eigenvalue weighted by Crippen LogP contribution is -2.39. The van der Waals surface area contributed by atoms with E-state index in [9.17, 15) is 0 Å². The van der Waals surface area contributed by atoms with E-state index in [0.717, 1.165) is 18.5 Å². The minimum Gasteiger partial charge on any atom is -0.314 e. The van der Waals surface area contributed by atoms with Gasteiger partial charge in [0.05, 0.1) is 0 Å². The molecule has 0 amide bonds. The van der Waals surface area contributed by atoms with Gasteiger partial charge in [-0.2, -0.15) is 0 Å². The summed E-state index contributed by atoms with van der Waals surface area (Å²) in [4.78, 5) is 2.64. The maximum absolute atomic E-state index is 3.69. The van der Waals surface area contributed by atoms with Crippen LogP contribution < -0.4 is 5.32 Å². The smallest absolute Gasteiger partial charge is 0.0233 e. The molecule has 1 aromatic carbocycles. The van der Waals surface area contributed by atoms with E-state index in [1.165, 1.54) is 56.4 Å². The number of hydrogen-bond acceptors (Lipinski definition) is 2. The van der Waals surface area contributed by atoms with Crippen LogP contribution in [-0.2, 0) is 6.54 Å². The van der Waals surface area contributed by atoms with E-state index >= 15 is 0 Å². The summed E-state index contributed by atoms with van der Waals surface area (Å²) in [6.07, 6.45) is 5.58. The van der Waals surface area contributed by atoms with Crippen LogP contribution in [0.25, 0.3) is 0 Å². The normalized spacial score (nSPS) is 24.6. The highest BCUT2D eigenvalue weighted by molar-refractivity contribution is 5.22. The molecular formula is C17H26N2. The topological polar surface area (TPSA) is 15.3 Å². The summed E-state index contributed by atoms with van der Waals surface area (Å²) in [5.41, 5.74) is 2.84. The molecule has 1 saturated carbocycles. The number of likely N-dealkylation sites (tertiary alicyclic amines) is 1. The fraction of sp³-hybridized carbons (Fsp3) is 0.647. The van der Waals surface area contributed by atoms with Crippen molar-refractivity contribution in [1.29, 1.82) is 0 Å². The molecule has 2 fully saturated rings. The summed E-state index contributed by atoms with van der Waals surface area (Å²) >= 11 is 0. The van der Waals surface area contributed by atoms with E-state index in [4.69, 9.17) is 0 Å². The Balaban J connectivity index is 1.49. The molecule has 1 aliphatic heterocycles. The van der Waals surface area contributed by atoms with E-state index in [-0.39, 0.29) is 0 Å². The monoisotopic (exact) mass is 258 g/mol. The SMILES string of the molecule is Cc1cccc(CN2CCCC(CNC3CC3)C2)c1. The number of nitrogens with zero attached hydrogens (tertiary/aromatic N) is 1. The molecule has 104 valence electrons. The van der Waals surface area contributed by atoms with Crippen molar-refractivity contribution in [2.75, 3.05) is 19.6 Å². The third kappa shape index (κ3) is 4.05. The zero-order valence-electron chi connectivity index (χ0n) is 12.1. The average molecular weight is 258 g/mol. The highest BCUT2D eigenvalue weighted by atomic mass is 15.1. The minimum atomic E-state index is 0.854. The standard InChI is InChI=1S/C17H26N2/c1-14-4-2-5-15(10-14)12-19-9-3-6-16(13-19)11-18-17-7-8-17/h2,4-5,10,16-18H,3,6-9,11-13H2,1H3. The van der Waals surface area contributed by atoms with Crippen molar-refractivity contribution >= 4 is 0 Å². The molecule has 1 aliphatic carbocycles. The average Bonchev–Trinajstić information content (AvgIpc) is 3.21. The van der Waals surface area contributed by atoms with Crippen LogP contribution in [0.3, 0.4) is 0 Å². The molecule has 2 aliphatic rings. The van der Waals surface area contributed by atoms with Gasteiger partial charge in [-0.3, -0.25) is 4.90 Å². The van der Waals surface area contributed by atoms with E-state index in [1.54, 1.807) is 0 Å². The maximum Gasteiger partial charge on any atom is 0.0233 e. The minimum absolute atomic E-state index is 0.854. The molecule has 1 heterocycles. The van der Waals surface area contributed by atoms with Crippen molar-refractivity contribution in [2.24, 2.45) is 5.92 Å². The van der Waals surface area contributed by atoms with Crippen LogP contribution in [0.2, 0.25) is 0 Å². The van der Waals surface area contributed by atoms with Crippen molar-refractivity contribution in [1.82, 2.24) is 10.2 Å². The van der Waals surface area contributed by atoms with Gasteiger partial charge in [-0.05, 0) is 57.2 Å². The Morgan fingerprint density at radius 2 is 2.16 bits per heavy atom. The number of nitrogens with one attached hydrogen (secondary N) is 1. The predicted octanol–water partition coefficient (Wildman–Crippen LogP) is 2.96. The van der Waals surface area contributed by atoms with Gasteiger partial charge in [0.15, 0.2) is 0 Å². The first-order chi connectivity index (χ1) is 9.29. The van der Waals surface area contributed by atoms with Gasteiger partial charge in [0.2, 0.25) is 0 Å². The second-order valence-corrected chi connectivity index (χ2v) is 6.41. The van der Waals surface area contributed by atoms with E-state index in [2.05, 4.69) is 41.4 Å². The Morgan fingerprint density at radius 1 is 1.26 bits per heavy atom. The predicted molar refractivity (Wildman–Crippen MR) is 80.2 cm³/mol. The number of hydrogen-bond donors (Lipinski definition) is 1. The van der Waals surface area contributed by atoms with Gasteiger partial charge < -0.3 is 5.32 Å². The molecule has 0 radical (unpaired) electrons. The first-order valence-corrected chi connectivity index (χ1v) is 7.81. The Morgan fingerprint density at radius 3 is 2.95 bits per heavy atom. The third-order valence-electron chi connectivity index (χ3n) is 4.36. The summed E-state index contributed by atoms with van der Waals surface area (Å²) in [6.45, 7) is 7.08. The van der Waals surface area contributed by atoms with Crippen molar-refractivity contribution in [3.63, 3.8) is 0 Å². The second kappa shape index (κ2) is 6.06. The fourth-order valence-electron chi connectivity index (χ4n) is 3.15. The Bertz CT molecular complexity index is 411. The zero-order chi connectivity index (χ0) is 13.1. The number of piperidine rings is 1. The molecule has 0 spiro atoms. The molecule has 2 nitrogen and oxygen atoms in total. The quantitative estimate of drug-likeness (QED) is 0.873. The Hall–Kier alpha value is -0.860. The van der Waals surface area contributed by atoms with Gasteiger partial charge in [0.25, 0.3) is 0 Å². The second-order valence-electron chi connectivity index (χ2n) is 6.41. The van der Waals surface area contributed by atoms with Crippen molar-refractivity contribution in [3.05, 3.63) is 35.4 Å². The van der Waals surface area contributed by atoms with Gasteiger partial charge in [-0.1, -0.05) is 29.8 Å². The van der Waals surface area contributed by atoms with Crippen molar-refractivity contribution < 1.29 is 0 Å². The number of benzene rings is 1. The van der Waals surface area contributed by atoms with Crippen LogP contribution in [0.4, 0.5) is 0 Å². The number of aryl methyl sites for hydroxylation is 1. The Labute approximate surface area is 117 Å². The van der Waals surface area contributed by atoms with E-state index in [0.29, 0.717) is 0 Å². The van der Waals surface area contributed by atoms with Gasteiger partial charge >= 0.3 is 0 Å². The summed E-state index contributed by atoms with van der Waals surface area (Å²) in [7, 11) is 0. The molecule has 1 saturated heterocycles. The highest BCUT2D eigenvalue weighted by Crippen LogP contribution is 2.22. The third-order valence-corrected chi connectivity index (χ3v) is 4.36. The van der Waals surface area contributed by atoms with Crippen LogP contribution in [0.5, 0.6) is 0 Å². The molecule has 1 unspecified atom stereocenters. The van der Waals surface area contributed by atoms with Crippen LogP contribution in [0, 0.1) is 12.8 Å². The van der Waals surface area contributed by atoms with Gasteiger partial charge in [0.1, 0.15) is 0 Å². The molecular weight excluding hydrogens is 232 g/mol. The molecule has 1 atom stereocenters. The van der Waals surface area contributed by atoms with Crippen LogP contribution in [0.1, 0.15) is 36.8 Å². The highest BCUT2D eigenvalue weighted by Gasteiger charge is 2.24. The lowest BCUT2D eigenvalue weighted by Gasteiger charge is -2.33. The van der Waals surface area contributed by atoms with Crippen molar-refractivity contribution in [2.45, 2.75) is 45.2 Å². The lowest BCUT2D eigenvalue weighted by atomic mass is 9.97. The van der Waals surface area contributed by atoms with Gasteiger partial charge in [-0.25, -0.2) is 0 Å². The molecule has 3 rings (SSSR count). The lowest BCUT2D eigenvalue weighted by molar-refractivity contribution is 0.165. The first kappa shape index (κ1) is 13.1. The molecule has 2 heteroatoms. The first-order valence-electron chi connectivity index (χ1n) is 7.81. The van der Waals surface area contributed by atoms with Gasteiger partial charge in [-0.15, -0.1) is 0 Å². The molecule has 1 aromatic rings. The fourth-order valence-corrected chi connectivity index (χ4v) is 3.15. The van der Waals surface area contributed by atoms with E-state index < -0.39 is 0 Å². The largest absolute Gasteiger partial charge is 0.314 e. The van der Waals surface area contributed by atoms with Crippen molar-refractivity contribution in [3.8, 4) is 0 Å². The molecule has 1 N–H and O–H groups in total. The summed E-state index contributed by atoms with van der Waals surface area (Å²) in [5.74, 6) is 0.860. The van der Waals surface area contributed by atoms with Crippen LogP contribution in [-0.4, -0.2) is 30.6 Å².